The minimum Gasteiger partial charge on any atom is -0.435 e. The molecule has 1 saturated heterocycles. The number of piperidine rings is 1. The normalized spacial score (nSPS) is 17.0. The number of aliphatic hydroxyl groups excluding tert-OH is 1. The van der Waals surface area contributed by atoms with Crippen LogP contribution in [0.3, 0.4) is 0 Å². The van der Waals surface area contributed by atoms with Crippen LogP contribution in [0, 0.1) is 5.82 Å². The van der Waals surface area contributed by atoms with Crippen LogP contribution >= 0.6 is 0 Å². The van der Waals surface area contributed by atoms with Crippen LogP contribution in [0.15, 0.2) is 48.8 Å². The molecule has 2 aromatic heterocycles. The Balaban J connectivity index is 1.53. The SMILES string of the molecule is O[C@H](CNc1cccc(Oc2ncccc2-c2ccnc(N[C@H]3CCCNC3)n2)c1F)C(F)(F)F. The van der Waals surface area contributed by atoms with Gasteiger partial charge in [0.25, 0.3) is 0 Å². The smallest absolute Gasteiger partial charge is 0.416 e. The van der Waals surface area contributed by atoms with Crippen molar-refractivity contribution in [2.75, 3.05) is 30.3 Å². The molecule has 3 aromatic rings. The lowest BCUT2D eigenvalue weighted by atomic mass is 10.1. The minimum absolute atomic E-state index is 0.0582. The number of nitrogens with zero attached hydrogens (tertiary/aromatic N) is 3. The van der Waals surface area contributed by atoms with Crippen molar-refractivity contribution in [3.8, 4) is 22.9 Å². The Bertz CT molecular complexity index is 1140. The molecule has 4 N–H and O–H groups in total. The lowest BCUT2D eigenvalue weighted by Gasteiger charge is -2.23. The summed E-state index contributed by atoms with van der Waals surface area (Å²) in [5.74, 6) is -0.681. The largest absolute Gasteiger partial charge is 0.435 e. The molecule has 0 unspecified atom stereocenters. The quantitative estimate of drug-likeness (QED) is 0.351. The van der Waals surface area contributed by atoms with Crippen molar-refractivity contribution in [2.45, 2.75) is 31.2 Å². The van der Waals surface area contributed by atoms with E-state index in [1.165, 1.54) is 24.4 Å². The molecule has 1 aromatic carbocycles. The molecule has 0 amide bonds. The number of rotatable bonds is 8. The molecule has 35 heavy (non-hydrogen) atoms. The van der Waals surface area contributed by atoms with Crippen molar-refractivity contribution in [3.63, 3.8) is 0 Å². The number of benzene rings is 1. The summed E-state index contributed by atoms with van der Waals surface area (Å²) in [6.07, 6.45) is -2.36. The third-order valence-electron chi connectivity index (χ3n) is 5.37. The summed E-state index contributed by atoms with van der Waals surface area (Å²) in [7, 11) is 0. The number of aromatic nitrogens is 3. The van der Waals surface area contributed by atoms with Gasteiger partial charge in [-0.15, -0.1) is 0 Å². The molecule has 3 heterocycles. The van der Waals surface area contributed by atoms with E-state index >= 15 is 0 Å². The maximum atomic E-state index is 14.9. The van der Waals surface area contributed by atoms with Crippen LogP contribution in [0.4, 0.5) is 29.2 Å². The molecule has 0 spiro atoms. The van der Waals surface area contributed by atoms with Gasteiger partial charge in [0.1, 0.15) is 0 Å². The molecule has 8 nitrogen and oxygen atoms in total. The molecular weight excluding hydrogens is 468 g/mol. The van der Waals surface area contributed by atoms with Crippen LogP contribution in [0.2, 0.25) is 0 Å². The lowest BCUT2D eigenvalue weighted by Crippen LogP contribution is -2.38. The molecular formula is C23H24F4N6O2. The van der Waals surface area contributed by atoms with Gasteiger partial charge in [-0.1, -0.05) is 6.07 Å². The molecule has 0 radical (unpaired) electrons. The second-order valence-corrected chi connectivity index (χ2v) is 7.97. The average Bonchev–Trinajstić information content (AvgIpc) is 2.85. The number of halogens is 4. The summed E-state index contributed by atoms with van der Waals surface area (Å²) < 4.78 is 58.3. The molecule has 186 valence electrons. The standard InChI is InChI=1S/C23H24F4N6O2/c24-20-17(31-13-19(34)23(25,26)27)6-1-7-18(20)35-21-15(5-3-10-29-21)16-8-11-30-22(33-16)32-14-4-2-9-28-12-14/h1,3,5-8,10-11,14,19,28,31,34H,2,4,9,12-13H2,(H,30,32,33)/t14-,19+/m0/s1. The first-order chi connectivity index (χ1) is 16.8. The highest BCUT2D eigenvalue weighted by Crippen LogP contribution is 2.34. The maximum Gasteiger partial charge on any atom is 0.416 e. The van der Waals surface area contributed by atoms with E-state index in [2.05, 4.69) is 30.9 Å². The van der Waals surface area contributed by atoms with Crippen LogP contribution in [0.25, 0.3) is 11.3 Å². The topological polar surface area (TPSA) is 104 Å². The van der Waals surface area contributed by atoms with Crippen molar-refractivity contribution in [3.05, 3.63) is 54.6 Å². The van der Waals surface area contributed by atoms with Gasteiger partial charge in [-0.2, -0.15) is 13.2 Å². The molecule has 0 bridgehead atoms. The number of nitrogens with one attached hydrogen (secondary N) is 3. The van der Waals surface area contributed by atoms with Gasteiger partial charge in [0, 0.05) is 31.5 Å². The molecule has 2 atom stereocenters. The first-order valence-corrected chi connectivity index (χ1v) is 11.0. The fraction of sp³-hybridized carbons (Fsp3) is 0.348. The molecule has 1 aliphatic heterocycles. The zero-order chi connectivity index (χ0) is 24.8. The second kappa shape index (κ2) is 10.8. The third kappa shape index (κ3) is 6.34. The maximum absolute atomic E-state index is 14.9. The number of hydrogen-bond acceptors (Lipinski definition) is 8. The van der Waals surface area contributed by atoms with E-state index in [4.69, 9.17) is 9.84 Å². The predicted octanol–water partition coefficient (Wildman–Crippen LogP) is 3.97. The predicted molar refractivity (Wildman–Crippen MR) is 122 cm³/mol. The van der Waals surface area contributed by atoms with Crippen LogP contribution < -0.4 is 20.7 Å². The molecule has 1 aliphatic rings. The van der Waals surface area contributed by atoms with Crippen molar-refractivity contribution in [2.24, 2.45) is 0 Å². The van der Waals surface area contributed by atoms with Gasteiger partial charge >= 0.3 is 6.18 Å². The van der Waals surface area contributed by atoms with E-state index in [0.29, 0.717) is 17.2 Å². The van der Waals surface area contributed by atoms with E-state index in [1.54, 1.807) is 24.4 Å². The Morgan fingerprint density at radius 3 is 2.77 bits per heavy atom. The first kappa shape index (κ1) is 24.6. The van der Waals surface area contributed by atoms with Gasteiger partial charge in [-0.25, -0.2) is 19.3 Å². The molecule has 1 fully saturated rings. The molecule has 0 saturated carbocycles. The summed E-state index contributed by atoms with van der Waals surface area (Å²) in [6, 6.07) is 9.22. The van der Waals surface area contributed by atoms with Gasteiger partial charge in [0.2, 0.25) is 11.8 Å². The van der Waals surface area contributed by atoms with E-state index in [9.17, 15) is 17.6 Å². The Morgan fingerprint density at radius 2 is 2.00 bits per heavy atom. The number of aliphatic hydroxyl groups is 1. The highest BCUT2D eigenvalue weighted by molar-refractivity contribution is 5.66. The van der Waals surface area contributed by atoms with Gasteiger partial charge in [-0.05, 0) is 49.7 Å². The summed E-state index contributed by atoms with van der Waals surface area (Å²) in [5, 5.41) is 18.0. The van der Waals surface area contributed by atoms with Gasteiger partial charge < -0.3 is 25.8 Å². The monoisotopic (exact) mass is 492 g/mol. The Morgan fingerprint density at radius 1 is 1.14 bits per heavy atom. The zero-order valence-electron chi connectivity index (χ0n) is 18.5. The summed E-state index contributed by atoms with van der Waals surface area (Å²) >= 11 is 0. The van der Waals surface area contributed by atoms with Crippen molar-refractivity contribution in [1.29, 1.82) is 0 Å². The van der Waals surface area contributed by atoms with Gasteiger partial charge in [0.05, 0.1) is 16.9 Å². The highest BCUT2D eigenvalue weighted by Gasteiger charge is 2.38. The average molecular weight is 492 g/mol. The molecule has 4 rings (SSSR count). The Labute approximate surface area is 198 Å². The van der Waals surface area contributed by atoms with E-state index in [-0.39, 0.29) is 23.4 Å². The number of pyridine rings is 1. The molecule has 0 aliphatic carbocycles. The summed E-state index contributed by atoms with van der Waals surface area (Å²) in [6.45, 7) is 0.871. The van der Waals surface area contributed by atoms with Crippen LogP contribution in [-0.4, -0.2) is 58.0 Å². The van der Waals surface area contributed by atoms with E-state index in [0.717, 1.165) is 25.9 Å². The Kier molecular flexibility index (Phi) is 7.61. The van der Waals surface area contributed by atoms with Crippen LogP contribution in [0.1, 0.15) is 12.8 Å². The minimum atomic E-state index is -4.82. The summed E-state index contributed by atoms with van der Waals surface area (Å²) in [4.78, 5) is 13.0. The number of hydrogen-bond donors (Lipinski definition) is 4. The van der Waals surface area contributed by atoms with Crippen molar-refractivity contribution >= 4 is 11.6 Å². The van der Waals surface area contributed by atoms with Crippen molar-refractivity contribution in [1.82, 2.24) is 20.3 Å². The second-order valence-electron chi connectivity index (χ2n) is 7.97. The zero-order valence-corrected chi connectivity index (χ0v) is 18.5. The van der Waals surface area contributed by atoms with E-state index < -0.39 is 24.6 Å². The van der Waals surface area contributed by atoms with Crippen LogP contribution in [0.5, 0.6) is 11.6 Å². The summed E-state index contributed by atoms with van der Waals surface area (Å²) in [5.41, 5.74) is 0.722. The fourth-order valence-electron chi connectivity index (χ4n) is 3.56. The third-order valence-corrected chi connectivity index (χ3v) is 5.37. The highest BCUT2D eigenvalue weighted by atomic mass is 19.4. The molecule has 12 heteroatoms. The first-order valence-electron chi connectivity index (χ1n) is 11.0. The van der Waals surface area contributed by atoms with E-state index in [1.807, 2.05) is 0 Å². The van der Waals surface area contributed by atoms with Crippen LogP contribution in [-0.2, 0) is 0 Å². The Hall–Kier alpha value is -3.51. The number of ether oxygens (including phenoxy) is 1. The van der Waals surface area contributed by atoms with Gasteiger partial charge in [0.15, 0.2) is 17.7 Å². The van der Waals surface area contributed by atoms with Crippen molar-refractivity contribution < 1.29 is 27.4 Å². The van der Waals surface area contributed by atoms with Gasteiger partial charge in [-0.3, -0.25) is 0 Å². The number of alkyl halides is 3. The number of anilines is 2. The fourth-order valence-corrected chi connectivity index (χ4v) is 3.56. The lowest BCUT2D eigenvalue weighted by molar-refractivity contribution is -0.198.